The van der Waals surface area contributed by atoms with Gasteiger partial charge in [-0.05, 0) is 36.6 Å². The predicted molar refractivity (Wildman–Crippen MR) is 153 cm³/mol. The van der Waals surface area contributed by atoms with Crippen LogP contribution in [0.2, 0.25) is 0 Å². The molecule has 42 heavy (non-hydrogen) atoms. The van der Waals surface area contributed by atoms with Crippen LogP contribution in [0.3, 0.4) is 0 Å². The summed E-state index contributed by atoms with van der Waals surface area (Å²) < 4.78 is 16.6. The van der Waals surface area contributed by atoms with Crippen molar-refractivity contribution in [3.8, 4) is 11.5 Å². The first kappa shape index (κ1) is 32.6. The molecule has 230 valence electrons. The van der Waals surface area contributed by atoms with E-state index in [4.69, 9.17) is 34.6 Å². The molecule has 2 aliphatic rings. The monoisotopic (exact) mass is 588 g/mol. The number of nitrogens with zero attached hydrogens (tertiary/aromatic N) is 1. The lowest BCUT2D eigenvalue weighted by molar-refractivity contribution is -0.170. The summed E-state index contributed by atoms with van der Waals surface area (Å²) >= 11 is 0. The van der Waals surface area contributed by atoms with Gasteiger partial charge in [0.1, 0.15) is 11.5 Å². The second-order valence-corrected chi connectivity index (χ2v) is 10.4. The van der Waals surface area contributed by atoms with Gasteiger partial charge in [-0.25, -0.2) is 4.79 Å². The molecule has 12 heteroatoms. The minimum atomic E-state index is -2.74. The van der Waals surface area contributed by atoms with Gasteiger partial charge in [0.05, 0.1) is 40.3 Å². The third-order valence-corrected chi connectivity index (χ3v) is 7.65. The maximum absolute atomic E-state index is 10.3. The lowest BCUT2D eigenvalue weighted by atomic mass is 9.87. The number of carbonyl (C=O) groups is 3. The summed E-state index contributed by atoms with van der Waals surface area (Å²) in [5, 5.41) is 37.7. The van der Waals surface area contributed by atoms with Crippen LogP contribution in [0.1, 0.15) is 49.7 Å². The van der Waals surface area contributed by atoms with E-state index in [1.165, 1.54) is 29.7 Å². The van der Waals surface area contributed by atoms with Crippen molar-refractivity contribution < 1.29 is 49.0 Å². The van der Waals surface area contributed by atoms with E-state index in [9.17, 15) is 14.4 Å². The van der Waals surface area contributed by atoms with Gasteiger partial charge in [-0.1, -0.05) is 31.0 Å². The molecule has 4 rings (SSSR count). The minimum absolute atomic E-state index is 0.0279. The molecule has 1 aliphatic carbocycles. The van der Waals surface area contributed by atoms with Crippen LogP contribution in [0.5, 0.6) is 11.5 Å². The van der Waals surface area contributed by atoms with Crippen molar-refractivity contribution in [2.24, 2.45) is 0 Å². The number of nitrogens with one attached hydrogen (secondary N) is 1. The molecule has 5 N–H and O–H groups in total. The van der Waals surface area contributed by atoms with Crippen molar-refractivity contribution in [1.82, 2.24) is 5.32 Å². The molecule has 0 spiro atoms. The Morgan fingerprint density at radius 3 is 2.02 bits per heavy atom. The summed E-state index contributed by atoms with van der Waals surface area (Å²) in [6.45, 7) is 4.23. The Hall–Kier alpha value is -3.87. The molecule has 1 aliphatic heterocycles. The van der Waals surface area contributed by atoms with E-state index >= 15 is 0 Å². The molecule has 2 fully saturated rings. The third-order valence-electron chi connectivity index (χ3n) is 7.65. The highest BCUT2D eigenvalue weighted by Crippen LogP contribution is 2.40. The van der Waals surface area contributed by atoms with E-state index in [1.807, 2.05) is 0 Å². The van der Waals surface area contributed by atoms with E-state index < -0.39 is 36.4 Å². The fraction of sp³-hybridized carbons (Fsp3) is 0.500. The zero-order valence-corrected chi connectivity index (χ0v) is 24.0. The van der Waals surface area contributed by atoms with E-state index in [0.29, 0.717) is 0 Å². The van der Waals surface area contributed by atoms with Gasteiger partial charge in [-0.15, -0.1) is 0 Å². The van der Waals surface area contributed by atoms with Gasteiger partial charge in [0.15, 0.2) is 5.60 Å². The quantitative estimate of drug-likeness (QED) is 0.246. The normalized spacial score (nSPS) is 16.2. The van der Waals surface area contributed by atoms with Gasteiger partial charge < -0.3 is 44.9 Å². The van der Waals surface area contributed by atoms with Gasteiger partial charge in [-0.2, -0.15) is 0 Å². The molecule has 1 heterocycles. The average molecular weight is 589 g/mol. The van der Waals surface area contributed by atoms with Gasteiger partial charge in [-0.3, -0.25) is 9.59 Å². The summed E-state index contributed by atoms with van der Waals surface area (Å²) in [6, 6.07) is 15.1. The van der Waals surface area contributed by atoms with Crippen LogP contribution < -0.4 is 19.7 Å². The number of rotatable bonds is 12. The highest BCUT2D eigenvalue weighted by atomic mass is 16.5. The number of carboxylic acids is 3. The SMILES string of the molecule is COc1ccc(C2(NCc3ccc(N4CCOCC4)cc3OC)CCCC2)cc1.O=C(O)CC(O)(CC(=O)O)C(=O)O. The van der Waals surface area contributed by atoms with Crippen LogP contribution in [-0.2, 0) is 31.2 Å². The van der Waals surface area contributed by atoms with Crippen LogP contribution >= 0.6 is 0 Å². The van der Waals surface area contributed by atoms with Gasteiger partial charge >= 0.3 is 17.9 Å². The smallest absolute Gasteiger partial charge is 0.336 e. The molecule has 0 amide bonds. The maximum Gasteiger partial charge on any atom is 0.336 e. The molecule has 0 atom stereocenters. The molecule has 1 saturated heterocycles. The number of aliphatic hydroxyl groups is 1. The number of hydrogen-bond donors (Lipinski definition) is 5. The van der Waals surface area contributed by atoms with E-state index in [2.05, 4.69) is 52.7 Å². The average Bonchev–Trinajstić information content (AvgIpc) is 3.46. The van der Waals surface area contributed by atoms with E-state index in [-0.39, 0.29) is 5.54 Å². The Morgan fingerprint density at radius 2 is 1.52 bits per heavy atom. The fourth-order valence-electron chi connectivity index (χ4n) is 5.33. The summed E-state index contributed by atoms with van der Waals surface area (Å²) in [6.07, 6.45) is 2.54. The second-order valence-electron chi connectivity index (χ2n) is 10.4. The third kappa shape index (κ3) is 8.57. The number of methoxy groups -OCH3 is 2. The molecule has 1 saturated carbocycles. The molecular weight excluding hydrogens is 548 g/mol. The van der Waals surface area contributed by atoms with Gasteiger partial charge in [0.25, 0.3) is 0 Å². The van der Waals surface area contributed by atoms with Crippen molar-refractivity contribution >= 4 is 23.6 Å². The fourth-order valence-corrected chi connectivity index (χ4v) is 5.33. The Morgan fingerprint density at radius 1 is 0.929 bits per heavy atom. The molecule has 2 aromatic carbocycles. The van der Waals surface area contributed by atoms with Crippen molar-refractivity contribution in [2.75, 3.05) is 45.4 Å². The maximum atomic E-state index is 10.3. The van der Waals surface area contributed by atoms with Crippen LogP contribution in [-0.4, -0.2) is 84.5 Å². The summed E-state index contributed by atoms with van der Waals surface area (Å²) in [5.41, 5.74) is 1.04. The number of ether oxygens (including phenoxy) is 3. The standard InChI is InChI=1S/C24H32N2O3.C6H8O7/c1-27-22-9-6-20(7-10-22)24(11-3-4-12-24)25-18-19-5-8-21(17-23(19)28-2)26-13-15-29-16-14-26;7-3(8)1-6(13,5(11)12)2-4(9)10/h5-10,17,25H,3-4,11-16,18H2,1-2H3;13H,1-2H2,(H,7,8)(H,9,10)(H,11,12). The topological polar surface area (TPSA) is 175 Å². The first-order valence-electron chi connectivity index (χ1n) is 13.8. The molecule has 0 unspecified atom stereocenters. The first-order valence-corrected chi connectivity index (χ1v) is 13.8. The largest absolute Gasteiger partial charge is 0.497 e. The van der Waals surface area contributed by atoms with E-state index in [0.717, 1.165) is 57.2 Å². The lowest BCUT2D eigenvalue weighted by Gasteiger charge is -2.32. The molecule has 12 nitrogen and oxygen atoms in total. The predicted octanol–water partition coefficient (Wildman–Crippen LogP) is 2.85. The number of aliphatic carboxylic acids is 3. The lowest BCUT2D eigenvalue weighted by Crippen LogP contribution is -2.42. The number of morpholine rings is 1. The van der Waals surface area contributed by atoms with Crippen LogP contribution in [0.15, 0.2) is 42.5 Å². The van der Waals surface area contributed by atoms with Crippen molar-refractivity contribution in [3.05, 3.63) is 53.6 Å². The van der Waals surface area contributed by atoms with Crippen molar-refractivity contribution in [3.63, 3.8) is 0 Å². The highest BCUT2D eigenvalue weighted by Gasteiger charge is 2.41. The van der Waals surface area contributed by atoms with Gasteiger partial charge in [0.2, 0.25) is 0 Å². The van der Waals surface area contributed by atoms with Gasteiger partial charge in [0, 0.05) is 42.5 Å². The second kappa shape index (κ2) is 14.9. The molecule has 0 aromatic heterocycles. The van der Waals surface area contributed by atoms with Crippen molar-refractivity contribution in [2.45, 2.75) is 56.2 Å². The molecular formula is C30H40N2O10. The molecule has 2 aromatic rings. The van der Waals surface area contributed by atoms with E-state index in [1.54, 1.807) is 14.2 Å². The Bertz CT molecular complexity index is 1190. The van der Waals surface area contributed by atoms with Crippen LogP contribution in [0, 0.1) is 0 Å². The first-order chi connectivity index (χ1) is 20.0. The zero-order valence-electron chi connectivity index (χ0n) is 24.0. The number of benzene rings is 2. The molecule has 0 radical (unpaired) electrons. The van der Waals surface area contributed by atoms with Crippen molar-refractivity contribution in [1.29, 1.82) is 0 Å². The minimum Gasteiger partial charge on any atom is -0.497 e. The Labute approximate surface area is 244 Å². The number of hydrogen-bond acceptors (Lipinski definition) is 9. The number of carboxylic acid groups (broad SMARTS) is 3. The Kier molecular flexibility index (Phi) is 11.5. The Balaban J connectivity index is 0.000000316. The molecule has 0 bridgehead atoms. The zero-order chi connectivity index (χ0) is 30.8. The summed E-state index contributed by atoms with van der Waals surface area (Å²) in [7, 11) is 3.47. The number of anilines is 1. The summed E-state index contributed by atoms with van der Waals surface area (Å²) in [5.74, 6) is -3.17. The van der Waals surface area contributed by atoms with Crippen LogP contribution in [0.25, 0.3) is 0 Å². The van der Waals surface area contributed by atoms with Crippen LogP contribution in [0.4, 0.5) is 5.69 Å². The highest BCUT2D eigenvalue weighted by molar-refractivity contribution is 5.88. The summed E-state index contributed by atoms with van der Waals surface area (Å²) in [4.78, 5) is 32.8.